The van der Waals surface area contributed by atoms with Crippen LogP contribution >= 0.6 is 11.9 Å². The fraction of sp³-hybridized carbons (Fsp3) is 0.304. The Morgan fingerprint density at radius 3 is 2.76 bits per heavy atom. The monoisotopic (exact) mass is 482 g/mol. The third-order valence-corrected chi connectivity index (χ3v) is 6.00. The molecule has 0 unspecified atom stereocenters. The van der Waals surface area contributed by atoms with Crippen LogP contribution in [0.25, 0.3) is 22.4 Å². The van der Waals surface area contributed by atoms with Crippen LogP contribution < -0.4 is 10.0 Å². The maximum atomic E-state index is 14.9. The summed E-state index contributed by atoms with van der Waals surface area (Å²) in [5.74, 6) is 0.593. The first-order valence-electron chi connectivity index (χ1n) is 10.9. The van der Waals surface area contributed by atoms with Crippen LogP contribution in [0.15, 0.2) is 41.6 Å². The molecule has 0 saturated heterocycles. The average molecular weight is 483 g/mol. The van der Waals surface area contributed by atoms with Crippen molar-refractivity contribution in [3.8, 4) is 11.4 Å². The third-order valence-electron chi connectivity index (χ3n) is 5.25. The van der Waals surface area contributed by atoms with Crippen LogP contribution in [0.4, 0.5) is 15.9 Å². The normalized spacial score (nSPS) is 11.4. The Bertz CT molecular complexity index is 1280. The minimum atomic E-state index is -0.417. The molecule has 0 aliphatic rings. The van der Waals surface area contributed by atoms with Gasteiger partial charge >= 0.3 is 0 Å². The fourth-order valence-corrected chi connectivity index (χ4v) is 4.12. The van der Waals surface area contributed by atoms with Crippen LogP contribution in [-0.4, -0.2) is 68.4 Å². The van der Waals surface area contributed by atoms with Gasteiger partial charge in [0, 0.05) is 49.0 Å². The number of halogens is 1. The van der Waals surface area contributed by atoms with Crippen molar-refractivity contribution in [3.05, 3.63) is 53.6 Å². The molecule has 0 spiro atoms. The number of nitrogens with one attached hydrogen (secondary N) is 3. The molecule has 178 valence electrons. The predicted octanol–water partition coefficient (Wildman–Crippen LogP) is 3.63. The lowest BCUT2D eigenvalue weighted by Crippen LogP contribution is -2.28. The van der Waals surface area contributed by atoms with E-state index in [0.29, 0.717) is 41.6 Å². The van der Waals surface area contributed by atoms with Gasteiger partial charge in [-0.3, -0.25) is 5.10 Å². The smallest absolute Gasteiger partial charge is 0.186 e. The predicted molar refractivity (Wildman–Crippen MR) is 133 cm³/mol. The Balaban J connectivity index is 1.54. The molecule has 0 bridgehead atoms. The largest absolute Gasteiger partial charge is 0.395 e. The van der Waals surface area contributed by atoms with E-state index in [2.05, 4.69) is 35.2 Å². The van der Waals surface area contributed by atoms with Crippen molar-refractivity contribution in [1.82, 2.24) is 30.0 Å². The van der Waals surface area contributed by atoms with Gasteiger partial charge in [-0.05, 0) is 56.8 Å². The highest BCUT2D eigenvalue weighted by Gasteiger charge is 2.15. The van der Waals surface area contributed by atoms with Gasteiger partial charge in [0.1, 0.15) is 16.7 Å². The van der Waals surface area contributed by atoms with E-state index in [1.165, 1.54) is 18.0 Å². The second-order valence-electron chi connectivity index (χ2n) is 7.97. The maximum absolute atomic E-state index is 14.9. The molecule has 4 aromatic rings. The van der Waals surface area contributed by atoms with Crippen molar-refractivity contribution in [2.24, 2.45) is 0 Å². The van der Waals surface area contributed by atoms with Crippen LogP contribution in [0.5, 0.6) is 0 Å². The highest BCUT2D eigenvalue weighted by Crippen LogP contribution is 2.29. The molecule has 0 saturated carbocycles. The zero-order valence-electron chi connectivity index (χ0n) is 19.3. The molecule has 0 fully saturated rings. The summed E-state index contributed by atoms with van der Waals surface area (Å²) < 4.78 is 17.9. The summed E-state index contributed by atoms with van der Waals surface area (Å²) in [7, 11) is 1.94. The quantitative estimate of drug-likeness (QED) is 0.252. The zero-order valence-corrected chi connectivity index (χ0v) is 20.1. The Morgan fingerprint density at radius 1 is 1.15 bits per heavy atom. The molecule has 3 heterocycles. The van der Waals surface area contributed by atoms with Gasteiger partial charge in [0.05, 0.1) is 17.7 Å². The number of aliphatic hydroxyl groups is 1. The molecule has 11 heteroatoms. The SMILES string of the molecule is Cc1ccnc(SNc2ccc(-c3nc(NCCN(C)CCO)c4c(C)[nH]nc4n3)cc2F)c1. The fourth-order valence-electron chi connectivity index (χ4n) is 3.38. The summed E-state index contributed by atoms with van der Waals surface area (Å²) in [6.45, 7) is 5.93. The molecule has 3 aromatic heterocycles. The van der Waals surface area contributed by atoms with Crippen molar-refractivity contribution in [3.63, 3.8) is 0 Å². The summed E-state index contributed by atoms with van der Waals surface area (Å²) in [5.41, 5.74) is 3.34. The molecule has 0 amide bonds. The van der Waals surface area contributed by atoms with Crippen molar-refractivity contribution in [2.45, 2.75) is 18.9 Å². The third kappa shape index (κ3) is 5.61. The van der Waals surface area contributed by atoms with E-state index in [-0.39, 0.29) is 6.61 Å². The summed E-state index contributed by atoms with van der Waals surface area (Å²) in [5, 5.41) is 21.2. The number of aliphatic hydroxyl groups excluding tert-OH is 1. The molecular formula is C23H27FN8OS. The van der Waals surface area contributed by atoms with Gasteiger partial charge in [0.25, 0.3) is 0 Å². The molecule has 0 atom stereocenters. The summed E-state index contributed by atoms with van der Waals surface area (Å²) >= 11 is 1.25. The van der Waals surface area contributed by atoms with E-state index in [9.17, 15) is 4.39 Å². The molecule has 4 N–H and O–H groups in total. The van der Waals surface area contributed by atoms with Crippen LogP contribution in [-0.2, 0) is 0 Å². The van der Waals surface area contributed by atoms with Gasteiger partial charge in [0.15, 0.2) is 11.5 Å². The van der Waals surface area contributed by atoms with Gasteiger partial charge in [0.2, 0.25) is 0 Å². The van der Waals surface area contributed by atoms with Crippen LogP contribution in [0.3, 0.4) is 0 Å². The molecule has 9 nitrogen and oxygen atoms in total. The number of likely N-dealkylation sites (N-methyl/N-ethyl adjacent to an activating group) is 1. The number of aryl methyl sites for hydroxylation is 2. The first-order valence-corrected chi connectivity index (χ1v) is 11.7. The van der Waals surface area contributed by atoms with Gasteiger partial charge in [-0.15, -0.1) is 0 Å². The second kappa shape index (κ2) is 10.8. The van der Waals surface area contributed by atoms with E-state index < -0.39 is 5.82 Å². The summed E-state index contributed by atoms with van der Waals surface area (Å²) in [4.78, 5) is 15.5. The minimum absolute atomic E-state index is 0.107. The van der Waals surface area contributed by atoms with Gasteiger partial charge in [-0.1, -0.05) is 0 Å². The highest BCUT2D eigenvalue weighted by atomic mass is 32.2. The number of anilines is 2. The Morgan fingerprint density at radius 2 is 2.00 bits per heavy atom. The molecule has 4 rings (SSSR count). The lowest BCUT2D eigenvalue weighted by molar-refractivity contribution is 0.225. The first kappa shape index (κ1) is 23.9. The minimum Gasteiger partial charge on any atom is -0.395 e. The number of hydrogen-bond acceptors (Lipinski definition) is 9. The molecule has 1 aromatic carbocycles. The number of aromatic amines is 1. The van der Waals surface area contributed by atoms with Gasteiger partial charge in [-0.2, -0.15) is 5.10 Å². The topological polar surface area (TPSA) is 115 Å². The lowest BCUT2D eigenvalue weighted by Gasteiger charge is -2.16. The van der Waals surface area contributed by atoms with E-state index in [1.54, 1.807) is 18.3 Å². The van der Waals surface area contributed by atoms with E-state index >= 15 is 0 Å². The number of fused-ring (bicyclic) bond motifs is 1. The van der Waals surface area contributed by atoms with Crippen LogP contribution in [0.2, 0.25) is 0 Å². The van der Waals surface area contributed by atoms with Crippen molar-refractivity contribution in [2.75, 3.05) is 43.3 Å². The van der Waals surface area contributed by atoms with Crippen LogP contribution in [0.1, 0.15) is 11.3 Å². The maximum Gasteiger partial charge on any atom is 0.186 e. The van der Waals surface area contributed by atoms with E-state index in [0.717, 1.165) is 28.2 Å². The molecule has 0 aliphatic carbocycles. The number of pyridine rings is 1. The molecule has 34 heavy (non-hydrogen) atoms. The van der Waals surface area contributed by atoms with Gasteiger partial charge in [-0.25, -0.2) is 19.3 Å². The van der Waals surface area contributed by atoms with Crippen molar-refractivity contribution in [1.29, 1.82) is 0 Å². The number of aromatic nitrogens is 5. The Kier molecular flexibility index (Phi) is 7.56. The van der Waals surface area contributed by atoms with Crippen molar-refractivity contribution < 1.29 is 9.50 Å². The standard InChI is InChI=1S/C23H27FN8OS/c1-14-6-7-25-19(12-14)34-31-18-5-4-16(13-17(18)24)21-27-22(26-8-9-32(3)10-11-33)20-15(2)29-30-23(20)28-21/h4-7,12-13,31,33H,8-11H2,1-3H3,(H2,26,27,28,29,30). The number of hydrogen-bond donors (Lipinski definition) is 4. The number of nitrogens with zero attached hydrogens (tertiary/aromatic N) is 5. The average Bonchev–Trinajstić information content (AvgIpc) is 3.19. The highest BCUT2D eigenvalue weighted by molar-refractivity contribution is 8.00. The number of rotatable bonds is 10. The number of H-pyrrole nitrogens is 1. The van der Waals surface area contributed by atoms with Crippen molar-refractivity contribution >= 4 is 34.5 Å². The van der Waals surface area contributed by atoms with Gasteiger partial charge < -0.3 is 20.0 Å². The first-order chi connectivity index (χ1) is 16.4. The summed E-state index contributed by atoms with van der Waals surface area (Å²) in [6.07, 6.45) is 1.72. The lowest BCUT2D eigenvalue weighted by atomic mass is 10.1. The van der Waals surface area contributed by atoms with E-state index in [1.807, 2.05) is 37.9 Å². The Labute approximate surface area is 201 Å². The zero-order chi connectivity index (χ0) is 24.1. The Hall–Kier alpha value is -3.28. The second-order valence-corrected chi connectivity index (χ2v) is 8.79. The molecule has 0 aliphatic heterocycles. The van der Waals surface area contributed by atoms with E-state index in [4.69, 9.17) is 5.11 Å². The molecule has 0 radical (unpaired) electrons. The number of benzene rings is 1. The molecular weight excluding hydrogens is 455 g/mol. The summed E-state index contributed by atoms with van der Waals surface area (Å²) in [6, 6.07) is 8.68. The van der Waals surface area contributed by atoms with Crippen LogP contribution in [0, 0.1) is 19.7 Å².